The molecule has 0 heterocycles. The highest BCUT2D eigenvalue weighted by atomic mass is 32.2. The lowest BCUT2D eigenvalue weighted by Gasteiger charge is -2.14. The van der Waals surface area contributed by atoms with E-state index in [1.807, 2.05) is 32.9 Å². The number of nitrogens with one attached hydrogen (secondary N) is 1. The third-order valence-corrected chi connectivity index (χ3v) is 4.64. The molecule has 0 saturated carbocycles. The standard InChI is InChI=1S/C16H18N2O4S/c1-11-7-12(2)16(13(3)8-11)17-23(21,22)10-14-5-4-6-15(9-14)18(19)20/h4-9,17H,10H2,1-3H3. The Morgan fingerprint density at radius 2 is 1.70 bits per heavy atom. The maximum Gasteiger partial charge on any atom is 0.269 e. The van der Waals surface area contributed by atoms with Gasteiger partial charge in [-0.25, -0.2) is 8.42 Å². The summed E-state index contributed by atoms with van der Waals surface area (Å²) in [6, 6.07) is 9.44. The molecule has 0 atom stereocenters. The summed E-state index contributed by atoms with van der Waals surface area (Å²) in [7, 11) is -3.66. The summed E-state index contributed by atoms with van der Waals surface area (Å²) in [6.07, 6.45) is 0. The number of nitro groups is 1. The highest BCUT2D eigenvalue weighted by molar-refractivity contribution is 7.91. The summed E-state index contributed by atoms with van der Waals surface area (Å²) in [5.74, 6) is -0.318. The van der Waals surface area contributed by atoms with Gasteiger partial charge in [0.05, 0.1) is 16.4 Å². The lowest BCUT2D eigenvalue weighted by molar-refractivity contribution is -0.384. The fourth-order valence-corrected chi connectivity index (χ4v) is 3.84. The van der Waals surface area contributed by atoms with Gasteiger partial charge in [-0.2, -0.15) is 0 Å². The van der Waals surface area contributed by atoms with Crippen molar-refractivity contribution in [3.63, 3.8) is 0 Å². The number of benzene rings is 2. The minimum atomic E-state index is -3.66. The van der Waals surface area contributed by atoms with Crippen LogP contribution in [0.4, 0.5) is 11.4 Å². The van der Waals surface area contributed by atoms with Gasteiger partial charge in [0.1, 0.15) is 0 Å². The van der Waals surface area contributed by atoms with Crippen molar-refractivity contribution in [1.29, 1.82) is 0 Å². The first-order valence-corrected chi connectivity index (χ1v) is 8.65. The number of nitrogens with zero attached hydrogens (tertiary/aromatic N) is 1. The number of non-ortho nitro benzene ring substituents is 1. The summed E-state index contributed by atoms with van der Waals surface area (Å²) in [4.78, 5) is 10.2. The molecule has 2 aromatic carbocycles. The van der Waals surface area contributed by atoms with Gasteiger partial charge in [-0.15, -0.1) is 0 Å². The molecule has 0 aliphatic heterocycles. The van der Waals surface area contributed by atoms with E-state index in [1.165, 1.54) is 18.2 Å². The fourth-order valence-electron chi connectivity index (χ4n) is 2.51. The summed E-state index contributed by atoms with van der Waals surface area (Å²) in [6.45, 7) is 5.62. The van der Waals surface area contributed by atoms with Crippen LogP contribution < -0.4 is 4.72 Å². The first-order valence-electron chi connectivity index (χ1n) is 6.99. The van der Waals surface area contributed by atoms with Crippen molar-refractivity contribution in [1.82, 2.24) is 0 Å². The van der Waals surface area contributed by atoms with Crippen LogP contribution in [0.1, 0.15) is 22.3 Å². The maximum atomic E-state index is 12.4. The fraction of sp³-hybridized carbons (Fsp3) is 0.250. The van der Waals surface area contributed by atoms with Gasteiger partial charge in [0.25, 0.3) is 5.69 Å². The predicted octanol–water partition coefficient (Wildman–Crippen LogP) is 3.46. The molecular weight excluding hydrogens is 316 g/mol. The minimum Gasteiger partial charge on any atom is -0.283 e. The molecule has 0 fully saturated rings. The van der Waals surface area contributed by atoms with E-state index in [0.717, 1.165) is 16.7 Å². The van der Waals surface area contributed by atoms with Crippen LogP contribution in [0, 0.1) is 30.9 Å². The lowest BCUT2D eigenvalue weighted by atomic mass is 10.1. The molecule has 122 valence electrons. The molecule has 0 amide bonds. The molecule has 2 aromatic rings. The third kappa shape index (κ3) is 4.29. The van der Waals surface area contributed by atoms with Crippen LogP contribution in [0.5, 0.6) is 0 Å². The third-order valence-electron chi connectivity index (χ3n) is 3.41. The second kappa shape index (κ2) is 6.37. The number of hydrogen-bond acceptors (Lipinski definition) is 4. The zero-order valence-corrected chi connectivity index (χ0v) is 14.0. The van der Waals surface area contributed by atoms with Crippen LogP contribution in [-0.4, -0.2) is 13.3 Å². The van der Waals surface area contributed by atoms with E-state index < -0.39 is 14.9 Å². The molecular formula is C16H18N2O4S. The molecule has 0 aliphatic carbocycles. The Kier molecular flexibility index (Phi) is 4.70. The Balaban J connectivity index is 2.27. The van der Waals surface area contributed by atoms with E-state index in [0.29, 0.717) is 11.3 Å². The van der Waals surface area contributed by atoms with Crippen LogP contribution in [0.15, 0.2) is 36.4 Å². The van der Waals surface area contributed by atoms with Crippen molar-refractivity contribution < 1.29 is 13.3 Å². The molecule has 0 spiro atoms. The van der Waals surface area contributed by atoms with Crippen molar-refractivity contribution in [2.24, 2.45) is 0 Å². The first kappa shape index (κ1) is 17.0. The topological polar surface area (TPSA) is 89.3 Å². The zero-order valence-electron chi connectivity index (χ0n) is 13.2. The zero-order chi connectivity index (χ0) is 17.2. The van der Waals surface area contributed by atoms with Gasteiger partial charge in [0.15, 0.2) is 0 Å². The van der Waals surface area contributed by atoms with Crippen molar-refractivity contribution in [3.05, 3.63) is 68.8 Å². The van der Waals surface area contributed by atoms with Gasteiger partial charge >= 0.3 is 0 Å². The summed E-state index contributed by atoms with van der Waals surface area (Å²) in [5.41, 5.74) is 3.53. The van der Waals surface area contributed by atoms with Gasteiger partial charge in [0, 0.05) is 12.1 Å². The normalized spacial score (nSPS) is 11.3. The quantitative estimate of drug-likeness (QED) is 0.670. The molecule has 0 radical (unpaired) electrons. The van der Waals surface area contributed by atoms with E-state index in [9.17, 15) is 18.5 Å². The van der Waals surface area contributed by atoms with Gasteiger partial charge in [-0.05, 0) is 37.5 Å². The first-order chi connectivity index (χ1) is 10.7. The monoisotopic (exact) mass is 334 g/mol. The van der Waals surface area contributed by atoms with Gasteiger partial charge in [-0.1, -0.05) is 29.8 Å². The number of hydrogen-bond donors (Lipinski definition) is 1. The van der Waals surface area contributed by atoms with Crippen molar-refractivity contribution in [2.75, 3.05) is 4.72 Å². The summed E-state index contributed by atoms with van der Waals surface area (Å²) >= 11 is 0. The van der Waals surface area contributed by atoms with Crippen molar-refractivity contribution in [2.45, 2.75) is 26.5 Å². The molecule has 1 N–H and O–H groups in total. The molecule has 7 heteroatoms. The number of nitro benzene ring substituents is 1. The predicted molar refractivity (Wildman–Crippen MR) is 90.0 cm³/mol. The van der Waals surface area contributed by atoms with E-state index >= 15 is 0 Å². The molecule has 0 aromatic heterocycles. The Bertz CT molecular complexity index is 837. The molecule has 23 heavy (non-hydrogen) atoms. The van der Waals surface area contributed by atoms with E-state index in [-0.39, 0.29) is 11.4 Å². The summed E-state index contributed by atoms with van der Waals surface area (Å²) in [5, 5.41) is 10.8. The number of sulfonamides is 1. The lowest BCUT2D eigenvalue weighted by Crippen LogP contribution is -2.16. The Hall–Kier alpha value is -2.41. The van der Waals surface area contributed by atoms with Gasteiger partial charge < -0.3 is 0 Å². The Morgan fingerprint density at radius 1 is 1.09 bits per heavy atom. The SMILES string of the molecule is Cc1cc(C)c(NS(=O)(=O)Cc2cccc([N+](=O)[O-])c2)c(C)c1. The molecule has 0 unspecified atom stereocenters. The summed E-state index contributed by atoms with van der Waals surface area (Å²) < 4.78 is 27.3. The number of anilines is 1. The Morgan fingerprint density at radius 3 is 2.26 bits per heavy atom. The van der Waals surface area contributed by atoms with Gasteiger partial charge in [-0.3, -0.25) is 14.8 Å². The van der Waals surface area contributed by atoms with E-state index in [2.05, 4.69) is 4.72 Å². The van der Waals surface area contributed by atoms with Crippen LogP contribution in [0.2, 0.25) is 0 Å². The second-order valence-corrected chi connectivity index (χ2v) is 7.28. The molecule has 0 aliphatic rings. The van der Waals surface area contributed by atoms with Crippen LogP contribution in [0.3, 0.4) is 0 Å². The largest absolute Gasteiger partial charge is 0.283 e. The average molecular weight is 334 g/mol. The number of aryl methyl sites for hydroxylation is 3. The van der Waals surface area contributed by atoms with E-state index in [1.54, 1.807) is 6.07 Å². The van der Waals surface area contributed by atoms with Crippen molar-refractivity contribution in [3.8, 4) is 0 Å². The molecule has 6 nitrogen and oxygen atoms in total. The number of rotatable bonds is 5. The highest BCUT2D eigenvalue weighted by Crippen LogP contribution is 2.24. The maximum absolute atomic E-state index is 12.4. The van der Waals surface area contributed by atoms with Crippen molar-refractivity contribution >= 4 is 21.4 Å². The second-order valence-electron chi connectivity index (χ2n) is 5.56. The molecule has 0 bridgehead atoms. The molecule has 2 rings (SSSR count). The van der Waals surface area contributed by atoms with Crippen LogP contribution >= 0.6 is 0 Å². The minimum absolute atomic E-state index is 0.125. The smallest absolute Gasteiger partial charge is 0.269 e. The van der Waals surface area contributed by atoms with Gasteiger partial charge in [0.2, 0.25) is 10.0 Å². The van der Waals surface area contributed by atoms with Crippen LogP contribution in [-0.2, 0) is 15.8 Å². The van der Waals surface area contributed by atoms with E-state index in [4.69, 9.17) is 0 Å². The Labute approximate surface area is 135 Å². The average Bonchev–Trinajstić information content (AvgIpc) is 2.42. The van der Waals surface area contributed by atoms with Crippen LogP contribution in [0.25, 0.3) is 0 Å². The highest BCUT2D eigenvalue weighted by Gasteiger charge is 2.16. The molecule has 0 saturated heterocycles.